The van der Waals surface area contributed by atoms with Crippen LogP contribution in [-0.4, -0.2) is 46.5 Å². The van der Waals surface area contributed by atoms with E-state index in [0.717, 1.165) is 25.0 Å². The Labute approximate surface area is 173 Å². The van der Waals surface area contributed by atoms with E-state index in [1.165, 1.54) is 32.4 Å². The second kappa shape index (κ2) is 8.46. The highest BCUT2D eigenvalue weighted by molar-refractivity contribution is 7.92. The van der Waals surface area contributed by atoms with Crippen LogP contribution in [0, 0.1) is 5.82 Å². The lowest BCUT2D eigenvalue weighted by atomic mass is 10.1. The Kier molecular flexibility index (Phi) is 6.18. The standard InChI is InChI=1S/C19H20ClFN2O5S/c1-27-16-10-14(21)18(11-17(16)28-2)29(25,26)22-15-6-5-12(20)9-13(15)19(24)23-7-3-4-8-23/h5-6,9-11,22H,3-4,7-8H2,1-2H3. The normalized spacial score (nSPS) is 14.0. The average Bonchev–Trinajstić information content (AvgIpc) is 3.23. The first kappa shape index (κ1) is 21.2. The summed E-state index contributed by atoms with van der Waals surface area (Å²) in [6.07, 6.45) is 1.76. The first-order valence-corrected chi connectivity index (χ1v) is 10.7. The fraction of sp³-hybridized carbons (Fsp3) is 0.316. The van der Waals surface area contributed by atoms with Gasteiger partial charge in [-0.1, -0.05) is 11.6 Å². The molecule has 1 N–H and O–H groups in total. The van der Waals surface area contributed by atoms with E-state index in [1.807, 2.05) is 0 Å². The van der Waals surface area contributed by atoms with Crippen LogP contribution in [0.3, 0.4) is 0 Å². The van der Waals surface area contributed by atoms with Crippen molar-refractivity contribution in [2.75, 3.05) is 32.0 Å². The van der Waals surface area contributed by atoms with Gasteiger partial charge in [-0.3, -0.25) is 9.52 Å². The molecule has 0 radical (unpaired) electrons. The average molecular weight is 443 g/mol. The third kappa shape index (κ3) is 4.40. The maximum Gasteiger partial charge on any atom is 0.264 e. The second-order valence-corrected chi connectivity index (χ2v) is 8.52. The summed E-state index contributed by atoms with van der Waals surface area (Å²) in [5.41, 5.74) is 0.115. The molecule has 0 atom stereocenters. The van der Waals surface area contributed by atoms with Crippen molar-refractivity contribution >= 4 is 33.2 Å². The fourth-order valence-corrected chi connectivity index (χ4v) is 4.44. The number of carbonyl (C=O) groups excluding carboxylic acids is 1. The number of likely N-dealkylation sites (tertiary alicyclic amines) is 1. The molecular weight excluding hydrogens is 423 g/mol. The van der Waals surface area contributed by atoms with Crippen LogP contribution in [0.25, 0.3) is 0 Å². The van der Waals surface area contributed by atoms with Crippen LogP contribution in [0.2, 0.25) is 5.02 Å². The summed E-state index contributed by atoms with van der Waals surface area (Å²) in [5.74, 6) is -1.24. The number of ether oxygens (including phenoxy) is 2. The van der Waals surface area contributed by atoms with Gasteiger partial charge in [0.15, 0.2) is 11.5 Å². The monoisotopic (exact) mass is 442 g/mol. The Morgan fingerprint density at radius 3 is 2.34 bits per heavy atom. The molecule has 0 aromatic heterocycles. The second-order valence-electron chi connectivity index (χ2n) is 6.43. The number of anilines is 1. The van der Waals surface area contributed by atoms with Crippen LogP contribution >= 0.6 is 11.6 Å². The molecule has 10 heteroatoms. The zero-order chi connectivity index (χ0) is 21.2. The van der Waals surface area contributed by atoms with E-state index in [2.05, 4.69) is 4.72 Å². The fourth-order valence-electron chi connectivity index (χ4n) is 3.11. The predicted molar refractivity (Wildman–Crippen MR) is 107 cm³/mol. The Morgan fingerprint density at radius 2 is 1.72 bits per heavy atom. The van der Waals surface area contributed by atoms with Crippen LogP contribution in [0.5, 0.6) is 11.5 Å². The lowest BCUT2D eigenvalue weighted by Crippen LogP contribution is -2.29. The highest BCUT2D eigenvalue weighted by Gasteiger charge is 2.27. The molecule has 29 heavy (non-hydrogen) atoms. The van der Waals surface area contributed by atoms with Gasteiger partial charge in [0, 0.05) is 30.2 Å². The number of halogens is 2. The summed E-state index contributed by atoms with van der Waals surface area (Å²) in [6, 6.07) is 6.16. The third-order valence-electron chi connectivity index (χ3n) is 4.58. The van der Waals surface area contributed by atoms with Crippen molar-refractivity contribution in [2.45, 2.75) is 17.7 Å². The van der Waals surface area contributed by atoms with Gasteiger partial charge in [-0.2, -0.15) is 0 Å². The van der Waals surface area contributed by atoms with E-state index in [9.17, 15) is 17.6 Å². The van der Waals surface area contributed by atoms with Gasteiger partial charge in [0.05, 0.1) is 25.5 Å². The highest BCUT2D eigenvalue weighted by atomic mass is 35.5. The molecule has 0 spiro atoms. The van der Waals surface area contributed by atoms with Crippen LogP contribution in [0.4, 0.5) is 10.1 Å². The van der Waals surface area contributed by atoms with Gasteiger partial charge in [0.2, 0.25) is 0 Å². The van der Waals surface area contributed by atoms with Gasteiger partial charge in [0.25, 0.3) is 15.9 Å². The van der Waals surface area contributed by atoms with Crippen molar-refractivity contribution in [2.24, 2.45) is 0 Å². The maximum absolute atomic E-state index is 14.5. The lowest BCUT2D eigenvalue weighted by molar-refractivity contribution is 0.0794. The molecule has 7 nitrogen and oxygen atoms in total. The van der Waals surface area contributed by atoms with Crippen molar-refractivity contribution in [3.8, 4) is 11.5 Å². The molecule has 156 valence electrons. The number of amides is 1. The third-order valence-corrected chi connectivity index (χ3v) is 6.19. The van der Waals surface area contributed by atoms with Gasteiger partial charge in [-0.05, 0) is 31.0 Å². The largest absolute Gasteiger partial charge is 0.493 e. The molecule has 3 rings (SSSR count). The van der Waals surface area contributed by atoms with E-state index >= 15 is 0 Å². The minimum Gasteiger partial charge on any atom is -0.493 e. The van der Waals surface area contributed by atoms with Crippen molar-refractivity contribution in [1.82, 2.24) is 4.90 Å². The predicted octanol–water partition coefficient (Wildman–Crippen LogP) is 3.53. The van der Waals surface area contributed by atoms with Gasteiger partial charge in [0.1, 0.15) is 10.7 Å². The molecule has 1 heterocycles. The van der Waals surface area contributed by atoms with Crippen molar-refractivity contribution < 1.29 is 27.1 Å². The summed E-state index contributed by atoms with van der Waals surface area (Å²) < 4.78 is 52.5. The van der Waals surface area contributed by atoms with E-state index in [1.54, 1.807) is 4.90 Å². The molecule has 1 saturated heterocycles. The number of sulfonamides is 1. The number of hydrogen-bond acceptors (Lipinski definition) is 5. The van der Waals surface area contributed by atoms with Crippen LogP contribution < -0.4 is 14.2 Å². The smallest absolute Gasteiger partial charge is 0.264 e. The van der Waals surface area contributed by atoms with E-state index in [-0.39, 0.29) is 33.7 Å². The van der Waals surface area contributed by atoms with Crippen molar-refractivity contribution in [1.29, 1.82) is 0 Å². The zero-order valence-corrected chi connectivity index (χ0v) is 17.4. The Bertz CT molecular complexity index is 1040. The molecule has 2 aromatic carbocycles. The molecule has 1 aliphatic heterocycles. The maximum atomic E-state index is 14.5. The molecular formula is C19H20ClFN2O5S. The van der Waals surface area contributed by atoms with E-state index in [0.29, 0.717) is 13.1 Å². The molecule has 1 aliphatic rings. The molecule has 1 amide bonds. The topological polar surface area (TPSA) is 84.9 Å². The van der Waals surface area contributed by atoms with Crippen molar-refractivity contribution in [3.63, 3.8) is 0 Å². The summed E-state index contributed by atoms with van der Waals surface area (Å²) in [7, 11) is -1.74. The number of nitrogens with zero attached hydrogens (tertiary/aromatic N) is 1. The van der Waals surface area contributed by atoms with Gasteiger partial charge in [-0.25, -0.2) is 12.8 Å². The summed E-state index contributed by atoms with van der Waals surface area (Å²) >= 11 is 6.02. The molecule has 0 bridgehead atoms. The summed E-state index contributed by atoms with van der Waals surface area (Å²) in [5, 5.41) is 0.285. The first-order chi connectivity index (χ1) is 13.8. The first-order valence-electron chi connectivity index (χ1n) is 8.80. The quantitative estimate of drug-likeness (QED) is 0.739. The minimum atomic E-state index is -4.37. The molecule has 0 aliphatic carbocycles. The highest BCUT2D eigenvalue weighted by Crippen LogP contribution is 2.33. The van der Waals surface area contributed by atoms with E-state index in [4.69, 9.17) is 21.1 Å². The minimum absolute atomic E-state index is 0.0143. The van der Waals surface area contributed by atoms with Gasteiger partial charge in [-0.15, -0.1) is 0 Å². The van der Waals surface area contributed by atoms with Crippen LogP contribution in [0.1, 0.15) is 23.2 Å². The SMILES string of the molecule is COc1cc(F)c(S(=O)(=O)Nc2ccc(Cl)cc2C(=O)N2CCCC2)cc1OC. The number of nitrogens with one attached hydrogen (secondary N) is 1. The Hall–Kier alpha value is -2.52. The number of methoxy groups -OCH3 is 2. The molecule has 2 aromatic rings. The lowest BCUT2D eigenvalue weighted by Gasteiger charge is -2.19. The summed E-state index contributed by atoms with van der Waals surface area (Å²) in [6.45, 7) is 1.17. The van der Waals surface area contributed by atoms with Crippen LogP contribution in [-0.2, 0) is 10.0 Å². The van der Waals surface area contributed by atoms with Crippen LogP contribution in [0.15, 0.2) is 35.2 Å². The van der Waals surface area contributed by atoms with Crippen molar-refractivity contribution in [3.05, 3.63) is 46.7 Å². The number of carbonyl (C=O) groups is 1. The number of rotatable bonds is 6. The number of benzene rings is 2. The molecule has 1 fully saturated rings. The Balaban J connectivity index is 2.00. The molecule has 0 unspecified atom stereocenters. The summed E-state index contributed by atoms with van der Waals surface area (Å²) in [4.78, 5) is 13.8. The van der Waals surface area contributed by atoms with Gasteiger partial charge < -0.3 is 14.4 Å². The van der Waals surface area contributed by atoms with E-state index < -0.39 is 20.7 Å². The zero-order valence-electron chi connectivity index (χ0n) is 15.9. The van der Waals surface area contributed by atoms with Gasteiger partial charge >= 0.3 is 0 Å². The molecule has 0 saturated carbocycles. The number of hydrogen-bond donors (Lipinski definition) is 1. The Morgan fingerprint density at radius 1 is 1.10 bits per heavy atom.